The van der Waals surface area contributed by atoms with Crippen molar-refractivity contribution < 1.29 is 0 Å². The van der Waals surface area contributed by atoms with Gasteiger partial charge in [0.1, 0.15) is 5.69 Å². The lowest BCUT2D eigenvalue weighted by Gasteiger charge is -2.14. The summed E-state index contributed by atoms with van der Waals surface area (Å²) in [6.07, 6.45) is 0. The molecule has 0 spiro atoms. The van der Waals surface area contributed by atoms with Gasteiger partial charge < -0.3 is 16.4 Å². The van der Waals surface area contributed by atoms with E-state index in [1.54, 1.807) is 0 Å². The Bertz CT molecular complexity index is 799. The second-order valence-electron chi connectivity index (χ2n) is 4.80. The number of rotatable bonds is 2. The van der Waals surface area contributed by atoms with E-state index < -0.39 is 0 Å². The SMILES string of the molecule is CN(C)c1nc(N)nc2nc(N)c(-c3ccccc3)nc12. The summed E-state index contributed by atoms with van der Waals surface area (Å²) in [5.41, 5.74) is 14.2. The molecule has 0 aliphatic rings. The zero-order chi connectivity index (χ0) is 15.0. The van der Waals surface area contributed by atoms with Gasteiger partial charge in [-0.3, -0.25) is 0 Å². The number of anilines is 3. The number of hydrogen-bond donors (Lipinski definition) is 2. The van der Waals surface area contributed by atoms with Gasteiger partial charge in [-0.1, -0.05) is 30.3 Å². The van der Waals surface area contributed by atoms with Crippen molar-refractivity contribution in [1.82, 2.24) is 19.9 Å². The van der Waals surface area contributed by atoms with Crippen LogP contribution in [0.15, 0.2) is 30.3 Å². The van der Waals surface area contributed by atoms with Gasteiger partial charge in [-0.05, 0) is 0 Å². The van der Waals surface area contributed by atoms with Crippen LogP contribution in [-0.4, -0.2) is 34.0 Å². The number of hydrogen-bond acceptors (Lipinski definition) is 7. The van der Waals surface area contributed by atoms with Gasteiger partial charge in [0, 0.05) is 19.7 Å². The second kappa shape index (κ2) is 4.86. The summed E-state index contributed by atoms with van der Waals surface area (Å²) >= 11 is 0. The van der Waals surface area contributed by atoms with Crippen LogP contribution in [0.4, 0.5) is 17.6 Å². The van der Waals surface area contributed by atoms with Gasteiger partial charge >= 0.3 is 0 Å². The Balaban J connectivity index is 2.32. The highest BCUT2D eigenvalue weighted by Crippen LogP contribution is 2.27. The molecule has 0 fully saturated rings. The normalized spacial score (nSPS) is 10.8. The smallest absolute Gasteiger partial charge is 0.224 e. The minimum atomic E-state index is 0.146. The van der Waals surface area contributed by atoms with Crippen molar-refractivity contribution in [2.45, 2.75) is 0 Å². The summed E-state index contributed by atoms with van der Waals surface area (Å²) in [6, 6.07) is 9.64. The number of fused-ring (bicyclic) bond motifs is 1. The third-order valence-corrected chi connectivity index (χ3v) is 3.03. The molecule has 7 nitrogen and oxygen atoms in total. The first-order valence-electron chi connectivity index (χ1n) is 6.39. The maximum Gasteiger partial charge on any atom is 0.224 e. The third kappa shape index (κ3) is 2.29. The molecule has 0 saturated carbocycles. The number of benzene rings is 1. The molecule has 2 heterocycles. The molecule has 0 amide bonds. The second-order valence-corrected chi connectivity index (χ2v) is 4.80. The maximum atomic E-state index is 6.01. The summed E-state index contributed by atoms with van der Waals surface area (Å²) in [5, 5.41) is 0. The minimum absolute atomic E-state index is 0.146. The average Bonchev–Trinajstić information content (AvgIpc) is 2.46. The fraction of sp³-hybridized carbons (Fsp3) is 0.143. The van der Waals surface area contributed by atoms with Gasteiger partial charge in [0.15, 0.2) is 22.8 Å². The molecule has 7 heteroatoms. The fourth-order valence-corrected chi connectivity index (χ4v) is 2.08. The van der Waals surface area contributed by atoms with Crippen molar-refractivity contribution in [1.29, 1.82) is 0 Å². The first-order valence-corrected chi connectivity index (χ1v) is 6.39. The Hall–Kier alpha value is -2.96. The van der Waals surface area contributed by atoms with Crippen molar-refractivity contribution >= 4 is 28.7 Å². The molecule has 3 rings (SSSR count). The molecule has 0 atom stereocenters. The summed E-state index contributed by atoms with van der Waals surface area (Å²) < 4.78 is 0. The van der Waals surface area contributed by atoms with Crippen LogP contribution in [0.5, 0.6) is 0 Å². The monoisotopic (exact) mass is 281 g/mol. The van der Waals surface area contributed by atoms with E-state index in [0.717, 1.165) is 5.56 Å². The number of nitrogens with zero attached hydrogens (tertiary/aromatic N) is 5. The molecule has 106 valence electrons. The van der Waals surface area contributed by atoms with E-state index in [2.05, 4.69) is 19.9 Å². The van der Waals surface area contributed by atoms with Gasteiger partial charge in [0.05, 0.1) is 0 Å². The molecule has 0 aliphatic carbocycles. The highest BCUT2D eigenvalue weighted by Gasteiger charge is 2.15. The highest BCUT2D eigenvalue weighted by atomic mass is 15.2. The van der Waals surface area contributed by atoms with Crippen molar-refractivity contribution in [3.05, 3.63) is 30.3 Å². The van der Waals surface area contributed by atoms with E-state index in [4.69, 9.17) is 11.5 Å². The van der Waals surface area contributed by atoms with Crippen LogP contribution in [0.1, 0.15) is 0 Å². The highest BCUT2D eigenvalue weighted by molar-refractivity contribution is 5.88. The Kier molecular flexibility index (Phi) is 3.02. The van der Waals surface area contributed by atoms with Crippen molar-refractivity contribution in [3.63, 3.8) is 0 Å². The summed E-state index contributed by atoms with van der Waals surface area (Å²) in [7, 11) is 3.73. The van der Waals surface area contributed by atoms with Crippen LogP contribution >= 0.6 is 0 Å². The third-order valence-electron chi connectivity index (χ3n) is 3.03. The van der Waals surface area contributed by atoms with Gasteiger partial charge in [-0.15, -0.1) is 0 Å². The molecular formula is C14H15N7. The zero-order valence-electron chi connectivity index (χ0n) is 11.8. The predicted octanol–water partition coefficient (Wildman–Crippen LogP) is 1.32. The number of nitrogen functional groups attached to an aromatic ring is 2. The summed E-state index contributed by atoms with van der Waals surface area (Å²) in [4.78, 5) is 19.0. The van der Waals surface area contributed by atoms with Crippen LogP contribution in [-0.2, 0) is 0 Å². The molecule has 0 unspecified atom stereocenters. The van der Waals surface area contributed by atoms with Crippen LogP contribution in [0.2, 0.25) is 0 Å². The predicted molar refractivity (Wildman–Crippen MR) is 83.7 cm³/mol. The van der Waals surface area contributed by atoms with Gasteiger partial charge in [0.2, 0.25) is 5.95 Å². The molecule has 21 heavy (non-hydrogen) atoms. The van der Waals surface area contributed by atoms with Crippen molar-refractivity contribution in [2.24, 2.45) is 0 Å². The minimum Gasteiger partial charge on any atom is -0.382 e. The first-order chi connectivity index (χ1) is 10.1. The van der Waals surface area contributed by atoms with Crippen molar-refractivity contribution in [2.75, 3.05) is 30.5 Å². The van der Waals surface area contributed by atoms with Gasteiger partial charge in [-0.25, -0.2) is 9.97 Å². The van der Waals surface area contributed by atoms with Crippen LogP contribution in [0.25, 0.3) is 22.4 Å². The Morgan fingerprint density at radius 3 is 2.29 bits per heavy atom. The Morgan fingerprint density at radius 1 is 0.905 bits per heavy atom. The lowest BCUT2D eigenvalue weighted by molar-refractivity contribution is 1.05. The molecule has 0 radical (unpaired) electrons. The molecule has 1 aromatic carbocycles. The van der Waals surface area contributed by atoms with E-state index in [9.17, 15) is 0 Å². The molecule has 0 aliphatic heterocycles. The topological polar surface area (TPSA) is 107 Å². The largest absolute Gasteiger partial charge is 0.382 e. The lowest BCUT2D eigenvalue weighted by atomic mass is 10.1. The average molecular weight is 281 g/mol. The first kappa shape index (κ1) is 13.0. The van der Waals surface area contributed by atoms with Gasteiger partial charge in [-0.2, -0.15) is 9.97 Å². The van der Waals surface area contributed by atoms with E-state index in [1.165, 1.54) is 0 Å². The quantitative estimate of drug-likeness (QED) is 0.729. The molecule has 4 N–H and O–H groups in total. The van der Waals surface area contributed by atoms with E-state index >= 15 is 0 Å². The molecule has 3 aromatic rings. The molecule has 0 bridgehead atoms. The molecule has 2 aromatic heterocycles. The van der Waals surface area contributed by atoms with E-state index in [1.807, 2.05) is 49.3 Å². The van der Waals surface area contributed by atoms with Crippen LogP contribution in [0, 0.1) is 0 Å². The van der Waals surface area contributed by atoms with E-state index in [-0.39, 0.29) is 5.95 Å². The maximum absolute atomic E-state index is 6.01. The van der Waals surface area contributed by atoms with Crippen LogP contribution in [0.3, 0.4) is 0 Å². The summed E-state index contributed by atoms with van der Waals surface area (Å²) in [6.45, 7) is 0. The van der Waals surface area contributed by atoms with E-state index in [0.29, 0.717) is 28.5 Å². The lowest BCUT2D eigenvalue weighted by Crippen LogP contribution is -2.14. The molecular weight excluding hydrogens is 266 g/mol. The van der Waals surface area contributed by atoms with Gasteiger partial charge in [0.25, 0.3) is 0 Å². The van der Waals surface area contributed by atoms with Crippen molar-refractivity contribution in [3.8, 4) is 11.3 Å². The number of aromatic nitrogens is 4. The Morgan fingerprint density at radius 2 is 1.62 bits per heavy atom. The zero-order valence-corrected chi connectivity index (χ0v) is 11.8. The molecule has 0 saturated heterocycles. The number of nitrogens with two attached hydrogens (primary N) is 2. The standard InChI is InChI=1S/C14H15N7/c1-21(2)13-10-12(19-14(16)20-13)18-11(15)9(17-10)8-6-4-3-5-7-8/h3-7H,1-2H3,(H4,15,16,18,19,20). The Labute approximate surface area is 121 Å². The van der Waals surface area contributed by atoms with Crippen LogP contribution < -0.4 is 16.4 Å². The fourth-order valence-electron chi connectivity index (χ4n) is 2.08. The summed E-state index contributed by atoms with van der Waals surface area (Å²) in [5.74, 6) is 1.08.